The molecule has 1 N–H and O–H groups in total. The van der Waals surface area contributed by atoms with E-state index < -0.39 is 0 Å². The molecule has 0 radical (unpaired) electrons. The summed E-state index contributed by atoms with van der Waals surface area (Å²) in [4.78, 5) is 11.8. The molecule has 1 atom stereocenters. The summed E-state index contributed by atoms with van der Waals surface area (Å²) in [6.07, 6.45) is 4.79. The molecule has 21 heavy (non-hydrogen) atoms. The molecule has 0 amide bonds. The van der Waals surface area contributed by atoms with Crippen LogP contribution in [0.5, 0.6) is 0 Å². The van der Waals surface area contributed by atoms with E-state index in [-0.39, 0.29) is 0 Å². The maximum atomic E-state index is 4.76. The van der Waals surface area contributed by atoms with Gasteiger partial charge in [0.2, 0.25) is 5.95 Å². The van der Waals surface area contributed by atoms with E-state index in [9.17, 15) is 0 Å². The van der Waals surface area contributed by atoms with Crippen LogP contribution in [0.2, 0.25) is 0 Å². The summed E-state index contributed by atoms with van der Waals surface area (Å²) in [5, 5.41) is 3.50. The molecule has 4 nitrogen and oxygen atoms in total. The normalized spacial score (nSPS) is 16.5. The molecule has 4 heteroatoms. The lowest BCUT2D eigenvalue weighted by atomic mass is 9.99. The van der Waals surface area contributed by atoms with Crippen molar-refractivity contribution >= 4 is 5.95 Å². The van der Waals surface area contributed by atoms with Gasteiger partial charge < -0.3 is 10.2 Å². The molecule has 1 aliphatic rings. The van der Waals surface area contributed by atoms with Crippen molar-refractivity contribution in [3.05, 3.63) is 17.0 Å². The second-order valence-electron chi connectivity index (χ2n) is 6.38. The number of hydrogen-bond acceptors (Lipinski definition) is 4. The van der Waals surface area contributed by atoms with Crippen molar-refractivity contribution in [2.45, 2.75) is 53.4 Å². The second-order valence-corrected chi connectivity index (χ2v) is 6.38. The Balaban J connectivity index is 2.02. The van der Waals surface area contributed by atoms with Crippen molar-refractivity contribution in [1.82, 2.24) is 15.3 Å². The van der Waals surface area contributed by atoms with Gasteiger partial charge in [0.05, 0.1) is 0 Å². The Morgan fingerprint density at radius 1 is 1.14 bits per heavy atom. The lowest BCUT2D eigenvalue weighted by Crippen LogP contribution is -2.25. The summed E-state index contributed by atoms with van der Waals surface area (Å²) in [6, 6.07) is 0. The van der Waals surface area contributed by atoms with Crippen molar-refractivity contribution in [1.29, 1.82) is 0 Å². The SMILES string of the molecule is CCCNCC(C)Cc1c(C)nc(N2CCCC2)nc1C. The van der Waals surface area contributed by atoms with E-state index in [0.717, 1.165) is 49.9 Å². The topological polar surface area (TPSA) is 41.1 Å². The number of aryl methyl sites for hydroxylation is 2. The Labute approximate surface area is 129 Å². The van der Waals surface area contributed by atoms with Crippen LogP contribution >= 0.6 is 0 Å². The van der Waals surface area contributed by atoms with E-state index in [1.165, 1.54) is 24.8 Å². The van der Waals surface area contributed by atoms with Gasteiger partial charge in [0.25, 0.3) is 0 Å². The molecule has 0 aliphatic carbocycles. The molecule has 0 aromatic carbocycles. The molecule has 1 fully saturated rings. The van der Waals surface area contributed by atoms with Gasteiger partial charge in [0.15, 0.2) is 0 Å². The first-order chi connectivity index (χ1) is 10.1. The van der Waals surface area contributed by atoms with Gasteiger partial charge in [0, 0.05) is 24.5 Å². The molecule has 1 aromatic rings. The summed E-state index contributed by atoms with van der Waals surface area (Å²) in [5.41, 5.74) is 3.65. The Morgan fingerprint density at radius 2 is 1.76 bits per heavy atom. The number of nitrogens with one attached hydrogen (secondary N) is 1. The Kier molecular flexibility index (Phi) is 5.97. The van der Waals surface area contributed by atoms with Crippen LogP contribution in [0.25, 0.3) is 0 Å². The molecule has 0 bridgehead atoms. The van der Waals surface area contributed by atoms with E-state index in [2.05, 4.69) is 37.9 Å². The highest BCUT2D eigenvalue weighted by Gasteiger charge is 2.18. The van der Waals surface area contributed by atoms with Gasteiger partial charge in [-0.2, -0.15) is 0 Å². The van der Waals surface area contributed by atoms with Crippen LogP contribution in [0.15, 0.2) is 0 Å². The van der Waals surface area contributed by atoms with E-state index >= 15 is 0 Å². The molecule has 2 heterocycles. The molecule has 1 aromatic heterocycles. The predicted molar refractivity (Wildman–Crippen MR) is 89.0 cm³/mol. The molecular formula is C17H30N4. The molecule has 1 saturated heterocycles. The maximum absolute atomic E-state index is 4.76. The van der Waals surface area contributed by atoms with Crippen LogP contribution in [-0.2, 0) is 6.42 Å². The highest BCUT2D eigenvalue weighted by atomic mass is 15.3. The average Bonchev–Trinajstić information content (AvgIpc) is 2.97. The standard InChI is InChI=1S/C17H30N4/c1-5-8-18-12-13(2)11-16-14(3)19-17(20-15(16)4)21-9-6-7-10-21/h13,18H,5-12H2,1-4H3. The zero-order valence-corrected chi connectivity index (χ0v) is 14.1. The summed E-state index contributed by atoms with van der Waals surface area (Å²) in [5.74, 6) is 1.55. The molecule has 0 spiro atoms. The first-order valence-corrected chi connectivity index (χ1v) is 8.41. The third-order valence-electron chi connectivity index (χ3n) is 4.27. The number of hydrogen-bond donors (Lipinski definition) is 1. The van der Waals surface area contributed by atoms with Gasteiger partial charge in [-0.25, -0.2) is 9.97 Å². The fourth-order valence-corrected chi connectivity index (χ4v) is 3.02. The highest BCUT2D eigenvalue weighted by molar-refractivity contribution is 5.37. The van der Waals surface area contributed by atoms with Crippen LogP contribution < -0.4 is 10.2 Å². The minimum atomic E-state index is 0.621. The zero-order chi connectivity index (χ0) is 15.2. The minimum absolute atomic E-state index is 0.621. The van der Waals surface area contributed by atoms with E-state index in [1.807, 2.05) is 0 Å². The van der Waals surface area contributed by atoms with Crippen molar-refractivity contribution in [3.8, 4) is 0 Å². The van der Waals surface area contributed by atoms with E-state index in [0.29, 0.717) is 5.92 Å². The van der Waals surface area contributed by atoms with Crippen LogP contribution in [0.3, 0.4) is 0 Å². The molecule has 0 saturated carbocycles. The minimum Gasteiger partial charge on any atom is -0.341 e. The molecule has 2 rings (SSSR count). The van der Waals surface area contributed by atoms with Gasteiger partial charge in [-0.15, -0.1) is 0 Å². The summed E-state index contributed by atoms with van der Waals surface area (Å²) >= 11 is 0. The predicted octanol–water partition coefficient (Wildman–Crippen LogP) is 2.87. The highest BCUT2D eigenvalue weighted by Crippen LogP contribution is 2.21. The first kappa shape index (κ1) is 16.2. The van der Waals surface area contributed by atoms with Gasteiger partial charge in [0.1, 0.15) is 0 Å². The van der Waals surface area contributed by atoms with Crippen molar-refractivity contribution in [2.24, 2.45) is 5.92 Å². The summed E-state index contributed by atoms with van der Waals surface area (Å²) < 4.78 is 0. The fraction of sp³-hybridized carbons (Fsp3) is 0.765. The fourth-order valence-electron chi connectivity index (χ4n) is 3.02. The second kappa shape index (κ2) is 7.74. The number of rotatable bonds is 7. The smallest absolute Gasteiger partial charge is 0.225 e. The van der Waals surface area contributed by atoms with E-state index in [4.69, 9.17) is 9.97 Å². The molecule has 118 valence electrons. The van der Waals surface area contributed by atoms with Gasteiger partial charge >= 0.3 is 0 Å². The van der Waals surface area contributed by atoms with Crippen LogP contribution in [0.1, 0.15) is 50.1 Å². The Morgan fingerprint density at radius 3 is 2.33 bits per heavy atom. The lowest BCUT2D eigenvalue weighted by Gasteiger charge is -2.20. The van der Waals surface area contributed by atoms with Crippen LogP contribution in [0, 0.1) is 19.8 Å². The first-order valence-electron chi connectivity index (χ1n) is 8.41. The zero-order valence-electron chi connectivity index (χ0n) is 14.1. The number of aromatic nitrogens is 2. The quantitative estimate of drug-likeness (QED) is 0.784. The number of anilines is 1. The third kappa shape index (κ3) is 4.40. The Bertz CT molecular complexity index is 429. The van der Waals surface area contributed by atoms with Crippen molar-refractivity contribution in [2.75, 3.05) is 31.1 Å². The van der Waals surface area contributed by atoms with Gasteiger partial charge in [-0.1, -0.05) is 13.8 Å². The Hall–Kier alpha value is -1.16. The van der Waals surface area contributed by atoms with Gasteiger partial charge in [-0.3, -0.25) is 0 Å². The maximum Gasteiger partial charge on any atom is 0.225 e. The molecule has 1 aliphatic heterocycles. The van der Waals surface area contributed by atoms with Crippen molar-refractivity contribution in [3.63, 3.8) is 0 Å². The lowest BCUT2D eigenvalue weighted by molar-refractivity contribution is 0.507. The number of nitrogens with zero attached hydrogens (tertiary/aromatic N) is 3. The average molecular weight is 290 g/mol. The van der Waals surface area contributed by atoms with Crippen LogP contribution in [0.4, 0.5) is 5.95 Å². The largest absolute Gasteiger partial charge is 0.341 e. The third-order valence-corrected chi connectivity index (χ3v) is 4.27. The van der Waals surface area contributed by atoms with Crippen molar-refractivity contribution < 1.29 is 0 Å². The van der Waals surface area contributed by atoms with Crippen LogP contribution in [-0.4, -0.2) is 36.1 Å². The monoisotopic (exact) mass is 290 g/mol. The van der Waals surface area contributed by atoms with Gasteiger partial charge in [-0.05, 0) is 64.1 Å². The summed E-state index contributed by atoms with van der Waals surface area (Å²) in [6.45, 7) is 13.2. The molecule has 1 unspecified atom stereocenters. The van der Waals surface area contributed by atoms with E-state index in [1.54, 1.807) is 0 Å². The molecular weight excluding hydrogens is 260 g/mol. The summed E-state index contributed by atoms with van der Waals surface area (Å²) in [7, 11) is 0.